The molecule has 2 aromatic heterocycles. The molecule has 9 heteroatoms. The third-order valence-corrected chi connectivity index (χ3v) is 5.06. The zero-order valence-electron chi connectivity index (χ0n) is 12.4. The number of hydrogen-bond acceptors (Lipinski definition) is 7. The van der Waals surface area contributed by atoms with Crippen molar-refractivity contribution in [1.82, 2.24) is 20.2 Å². The van der Waals surface area contributed by atoms with E-state index in [4.69, 9.17) is 5.73 Å². The molecule has 7 nitrogen and oxygen atoms in total. The maximum atomic E-state index is 11.4. The molecule has 23 heavy (non-hydrogen) atoms. The van der Waals surface area contributed by atoms with Crippen LogP contribution in [-0.4, -0.2) is 34.8 Å². The van der Waals surface area contributed by atoms with E-state index in [1.807, 2.05) is 5.38 Å². The third kappa shape index (κ3) is 3.93. The fourth-order valence-electron chi connectivity index (χ4n) is 2.11. The Morgan fingerprint density at radius 3 is 2.52 bits per heavy atom. The molecule has 0 amide bonds. The van der Waals surface area contributed by atoms with Gasteiger partial charge in [0.2, 0.25) is 0 Å². The van der Waals surface area contributed by atoms with Crippen molar-refractivity contribution in [3.8, 4) is 0 Å². The van der Waals surface area contributed by atoms with Gasteiger partial charge in [0, 0.05) is 18.1 Å². The number of anilines is 1. The van der Waals surface area contributed by atoms with Crippen molar-refractivity contribution < 1.29 is 8.42 Å². The van der Waals surface area contributed by atoms with Crippen molar-refractivity contribution in [3.05, 3.63) is 52.6 Å². The highest BCUT2D eigenvalue weighted by Gasteiger charge is 2.09. The van der Waals surface area contributed by atoms with E-state index in [1.165, 1.54) is 17.6 Å². The lowest BCUT2D eigenvalue weighted by molar-refractivity contribution is 0.602. The molecular formula is C14H15N5O2S2. The minimum atomic E-state index is -3.17. The van der Waals surface area contributed by atoms with Crippen LogP contribution >= 0.6 is 11.3 Å². The second-order valence-electron chi connectivity index (χ2n) is 5.15. The van der Waals surface area contributed by atoms with Gasteiger partial charge < -0.3 is 5.73 Å². The van der Waals surface area contributed by atoms with E-state index in [0.29, 0.717) is 28.7 Å². The summed E-state index contributed by atoms with van der Waals surface area (Å²) < 4.78 is 22.9. The average Bonchev–Trinajstić information content (AvgIpc) is 3.08. The van der Waals surface area contributed by atoms with Gasteiger partial charge in [0.1, 0.15) is 5.82 Å². The molecule has 0 unspecified atom stereocenters. The molecule has 3 rings (SSSR count). The van der Waals surface area contributed by atoms with Crippen molar-refractivity contribution in [3.63, 3.8) is 0 Å². The highest BCUT2D eigenvalue weighted by Crippen LogP contribution is 2.15. The fraction of sp³-hybridized carbons (Fsp3) is 0.214. The van der Waals surface area contributed by atoms with E-state index in [1.54, 1.807) is 24.3 Å². The molecule has 0 bridgehead atoms. The van der Waals surface area contributed by atoms with Gasteiger partial charge in [0.15, 0.2) is 20.8 Å². The molecule has 3 N–H and O–H groups in total. The van der Waals surface area contributed by atoms with Crippen LogP contribution in [0.1, 0.15) is 22.9 Å². The monoisotopic (exact) mass is 349 g/mol. The smallest absolute Gasteiger partial charge is 0.180 e. The fourth-order valence-corrected chi connectivity index (χ4v) is 3.30. The van der Waals surface area contributed by atoms with Crippen molar-refractivity contribution in [2.75, 3.05) is 12.0 Å². The Balaban J connectivity index is 1.69. The Kier molecular flexibility index (Phi) is 4.14. The Morgan fingerprint density at radius 2 is 1.91 bits per heavy atom. The minimum absolute atomic E-state index is 0.306. The van der Waals surface area contributed by atoms with E-state index < -0.39 is 9.84 Å². The number of nitrogen functional groups attached to an aromatic ring is 1. The first kappa shape index (κ1) is 15.6. The highest BCUT2D eigenvalue weighted by molar-refractivity contribution is 7.90. The Hall–Kier alpha value is -2.26. The number of nitrogens with zero attached hydrogens (tertiary/aromatic N) is 3. The number of aromatic amines is 1. The standard InChI is InChI=1S/C14H15N5O2S2/c1-23(20,21)11-4-2-9(3-5-11)6-12-17-13(19-18-12)7-10-8-22-14(15)16-10/h2-5,8H,6-7H2,1H3,(H2,15,16)(H,17,18,19). The summed E-state index contributed by atoms with van der Waals surface area (Å²) in [6.07, 6.45) is 2.27. The zero-order valence-corrected chi connectivity index (χ0v) is 14.0. The maximum Gasteiger partial charge on any atom is 0.180 e. The summed E-state index contributed by atoms with van der Waals surface area (Å²) in [4.78, 5) is 8.90. The Morgan fingerprint density at radius 1 is 1.17 bits per heavy atom. The van der Waals surface area contributed by atoms with Gasteiger partial charge >= 0.3 is 0 Å². The van der Waals surface area contributed by atoms with Crippen molar-refractivity contribution in [2.45, 2.75) is 17.7 Å². The van der Waals surface area contributed by atoms with Gasteiger partial charge in [0.25, 0.3) is 0 Å². The highest BCUT2D eigenvalue weighted by atomic mass is 32.2. The largest absolute Gasteiger partial charge is 0.375 e. The van der Waals surface area contributed by atoms with E-state index in [0.717, 1.165) is 17.1 Å². The predicted octanol–water partition coefficient (Wildman–Crippen LogP) is 1.43. The first-order valence-corrected chi connectivity index (χ1v) is 9.56. The molecule has 0 aliphatic heterocycles. The van der Waals surface area contributed by atoms with E-state index in [2.05, 4.69) is 20.2 Å². The van der Waals surface area contributed by atoms with E-state index in [9.17, 15) is 8.42 Å². The molecule has 0 spiro atoms. The van der Waals surface area contributed by atoms with Gasteiger partial charge in [-0.25, -0.2) is 18.4 Å². The summed E-state index contributed by atoms with van der Waals surface area (Å²) in [6.45, 7) is 0. The lowest BCUT2D eigenvalue weighted by Crippen LogP contribution is -1.98. The predicted molar refractivity (Wildman–Crippen MR) is 88.1 cm³/mol. The summed E-state index contributed by atoms with van der Waals surface area (Å²) in [6, 6.07) is 6.75. The van der Waals surface area contributed by atoms with Crippen LogP contribution in [0.25, 0.3) is 0 Å². The number of nitrogens with one attached hydrogen (secondary N) is 1. The van der Waals surface area contributed by atoms with Gasteiger partial charge in [-0.3, -0.25) is 5.10 Å². The second-order valence-corrected chi connectivity index (χ2v) is 8.05. The van der Waals surface area contributed by atoms with Crippen LogP contribution in [0.4, 0.5) is 5.13 Å². The minimum Gasteiger partial charge on any atom is -0.375 e. The van der Waals surface area contributed by atoms with Gasteiger partial charge in [-0.1, -0.05) is 12.1 Å². The molecule has 0 atom stereocenters. The van der Waals surface area contributed by atoms with Crippen LogP contribution in [0, 0.1) is 0 Å². The van der Waals surface area contributed by atoms with Crippen LogP contribution in [-0.2, 0) is 22.7 Å². The molecule has 0 fully saturated rings. The van der Waals surface area contributed by atoms with Gasteiger partial charge in [-0.2, -0.15) is 5.10 Å². The van der Waals surface area contributed by atoms with Crippen molar-refractivity contribution in [1.29, 1.82) is 0 Å². The number of H-pyrrole nitrogens is 1. The molecule has 0 aliphatic rings. The van der Waals surface area contributed by atoms with Gasteiger partial charge in [0.05, 0.1) is 17.0 Å². The van der Waals surface area contributed by atoms with Crippen molar-refractivity contribution >= 4 is 26.3 Å². The molecule has 0 aliphatic carbocycles. The lowest BCUT2D eigenvalue weighted by Gasteiger charge is -2.00. The number of aromatic nitrogens is 4. The molecule has 120 valence electrons. The molecule has 0 saturated carbocycles. The van der Waals surface area contributed by atoms with Crippen LogP contribution in [0.2, 0.25) is 0 Å². The molecule has 3 aromatic rings. The normalized spacial score (nSPS) is 11.7. The van der Waals surface area contributed by atoms with Crippen molar-refractivity contribution in [2.24, 2.45) is 0 Å². The molecular weight excluding hydrogens is 334 g/mol. The zero-order chi connectivity index (χ0) is 16.4. The first-order valence-electron chi connectivity index (χ1n) is 6.79. The number of benzene rings is 1. The topological polar surface area (TPSA) is 115 Å². The molecule has 0 saturated heterocycles. The third-order valence-electron chi connectivity index (χ3n) is 3.21. The molecule has 0 radical (unpaired) electrons. The van der Waals surface area contributed by atoms with E-state index >= 15 is 0 Å². The quantitative estimate of drug-likeness (QED) is 0.720. The number of rotatable bonds is 5. The first-order chi connectivity index (χ1) is 10.9. The van der Waals surface area contributed by atoms with Crippen LogP contribution in [0.3, 0.4) is 0 Å². The molecule has 2 heterocycles. The number of nitrogens with two attached hydrogens (primary N) is 1. The summed E-state index contributed by atoms with van der Waals surface area (Å²) in [5, 5.41) is 9.47. The number of hydrogen-bond donors (Lipinski definition) is 2. The Labute approximate surface area is 137 Å². The summed E-state index contributed by atoms with van der Waals surface area (Å²) in [7, 11) is -3.17. The van der Waals surface area contributed by atoms with Crippen LogP contribution in [0.15, 0.2) is 34.5 Å². The summed E-state index contributed by atoms with van der Waals surface area (Å²) in [5.41, 5.74) is 7.40. The van der Waals surface area contributed by atoms with Gasteiger partial charge in [-0.15, -0.1) is 11.3 Å². The number of thiazole rings is 1. The second kappa shape index (κ2) is 6.09. The molecule has 1 aromatic carbocycles. The number of sulfone groups is 1. The van der Waals surface area contributed by atoms with Crippen LogP contribution < -0.4 is 5.73 Å². The average molecular weight is 349 g/mol. The SMILES string of the molecule is CS(=O)(=O)c1ccc(Cc2nc(Cc3csc(N)n3)n[nH]2)cc1. The van der Waals surface area contributed by atoms with Crippen LogP contribution in [0.5, 0.6) is 0 Å². The summed E-state index contributed by atoms with van der Waals surface area (Å²) in [5.74, 6) is 1.37. The lowest BCUT2D eigenvalue weighted by atomic mass is 10.1. The maximum absolute atomic E-state index is 11.4. The van der Waals surface area contributed by atoms with Gasteiger partial charge in [-0.05, 0) is 17.7 Å². The Bertz CT molecular complexity index is 913. The summed E-state index contributed by atoms with van der Waals surface area (Å²) >= 11 is 1.39. The van der Waals surface area contributed by atoms with E-state index in [-0.39, 0.29) is 0 Å².